The van der Waals surface area contributed by atoms with Crippen molar-refractivity contribution in [3.63, 3.8) is 0 Å². The van der Waals surface area contributed by atoms with Crippen molar-refractivity contribution in [3.8, 4) is 22.5 Å². The van der Waals surface area contributed by atoms with Crippen molar-refractivity contribution >= 4 is 52.6 Å². The van der Waals surface area contributed by atoms with Gasteiger partial charge in [0.2, 0.25) is 35.4 Å². The summed E-state index contributed by atoms with van der Waals surface area (Å²) in [6.07, 6.45) is 5.23. The number of tetrazole rings is 1. The molecule has 0 bridgehead atoms. The van der Waals surface area contributed by atoms with Crippen LogP contribution in [0.1, 0.15) is 118 Å². The number of aromatic amines is 1. The minimum atomic E-state index is -0.873. The lowest BCUT2D eigenvalue weighted by Crippen LogP contribution is -2.48. The fourth-order valence-electron chi connectivity index (χ4n) is 9.02. The number of carbonyl (C=O) groups excluding carboxylic acids is 5. The molecular weight excluding hydrogens is 1170 g/mol. The minimum absolute atomic E-state index is 0.0648. The Balaban J connectivity index is 1.03. The van der Waals surface area contributed by atoms with Crippen molar-refractivity contribution in [2.24, 2.45) is 22.1 Å². The van der Waals surface area contributed by atoms with Gasteiger partial charge in [0.15, 0.2) is 5.15 Å². The summed E-state index contributed by atoms with van der Waals surface area (Å²) < 4.78 is 29.3. The summed E-state index contributed by atoms with van der Waals surface area (Å²) in [5.74, 6) is -0.501. The third-order valence-corrected chi connectivity index (χ3v) is 15.1. The Morgan fingerprint density at radius 3 is 1.71 bits per heavy atom. The van der Waals surface area contributed by atoms with Crippen LogP contribution in [0, 0.1) is 11.8 Å². The van der Waals surface area contributed by atoms with Crippen molar-refractivity contribution in [2.75, 3.05) is 98.8 Å². The number of ether oxygens (including phenoxy) is 5. The molecule has 0 aliphatic carbocycles. The molecular formula is C61H96ClN15O12. The molecule has 2 heterocycles. The Morgan fingerprint density at radius 1 is 0.674 bits per heavy atom. The first kappa shape index (κ1) is 74.5. The zero-order chi connectivity index (χ0) is 65.0. The van der Waals surface area contributed by atoms with E-state index in [1.165, 1.54) is 0 Å². The SMILES string of the molecule is CCCCc1nc(Cl)c(CNC(=O)C(CC(C)C)NC(=O)COCC(=O)NCCOCCOCCOCCNC(=O)COCC(=O)NCCC(CCNC(C)(C)/C(C)=N\O)CCNC(C)(C)/C(C)=N\O)n1Cc1ccc(-c2ccccc2-c2nn[nH]n2)cc1. The van der Waals surface area contributed by atoms with E-state index in [0.29, 0.717) is 86.8 Å². The monoisotopic (exact) mass is 1270 g/mol. The third-order valence-electron chi connectivity index (χ3n) is 14.8. The van der Waals surface area contributed by atoms with E-state index < -0.39 is 41.4 Å². The highest BCUT2D eigenvalue weighted by Crippen LogP contribution is 2.30. The van der Waals surface area contributed by atoms with Crippen molar-refractivity contribution in [1.29, 1.82) is 0 Å². The van der Waals surface area contributed by atoms with Gasteiger partial charge in [-0.2, -0.15) is 5.21 Å². The Labute approximate surface area is 527 Å². The highest BCUT2D eigenvalue weighted by atomic mass is 35.5. The van der Waals surface area contributed by atoms with Crippen LogP contribution >= 0.6 is 11.6 Å². The number of H-pyrrole nitrogens is 1. The molecule has 28 heteroatoms. The van der Waals surface area contributed by atoms with E-state index in [0.717, 1.165) is 53.8 Å². The van der Waals surface area contributed by atoms with Crippen LogP contribution in [-0.4, -0.2) is 197 Å². The molecule has 10 N–H and O–H groups in total. The second-order valence-electron chi connectivity index (χ2n) is 23.0. The number of halogens is 1. The van der Waals surface area contributed by atoms with E-state index in [1.807, 2.05) is 94.6 Å². The number of benzene rings is 2. The van der Waals surface area contributed by atoms with E-state index >= 15 is 0 Å². The highest BCUT2D eigenvalue weighted by Gasteiger charge is 2.26. The van der Waals surface area contributed by atoms with Crippen molar-refractivity contribution in [2.45, 2.75) is 137 Å². The van der Waals surface area contributed by atoms with E-state index in [4.69, 9.17) is 40.3 Å². The second kappa shape index (κ2) is 40.6. The van der Waals surface area contributed by atoms with Gasteiger partial charge < -0.3 is 75.9 Å². The lowest BCUT2D eigenvalue weighted by molar-refractivity contribution is -0.134. The second-order valence-corrected chi connectivity index (χ2v) is 23.3. The summed E-state index contributed by atoms with van der Waals surface area (Å²) in [5.41, 5.74) is 4.61. The van der Waals surface area contributed by atoms with Gasteiger partial charge in [-0.3, -0.25) is 24.0 Å². The molecule has 494 valence electrons. The Morgan fingerprint density at radius 2 is 1.19 bits per heavy atom. The normalized spacial score (nSPS) is 12.6. The van der Waals surface area contributed by atoms with Crippen LogP contribution < -0.4 is 37.2 Å². The minimum Gasteiger partial charge on any atom is -0.411 e. The van der Waals surface area contributed by atoms with Crippen LogP contribution in [0.25, 0.3) is 22.5 Å². The van der Waals surface area contributed by atoms with Crippen LogP contribution in [-0.2, 0) is 67.2 Å². The third kappa shape index (κ3) is 28.2. The fourth-order valence-corrected chi connectivity index (χ4v) is 9.29. The summed E-state index contributed by atoms with van der Waals surface area (Å²) in [4.78, 5) is 68.5. The molecule has 0 aliphatic rings. The van der Waals surface area contributed by atoms with Gasteiger partial charge in [-0.15, -0.1) is 10.2 Å². The number of nitrogens with one attached hydrogen (secondary N) is 8. The Kier molecular flexibility index (Phi) is 34.0. The van der Waals surface area contributed by atoms with Gasteiger partial charge in [-0.05, 0) is 120 Å². The van der Waals surface area contributed by atoms with E-state index in [1.54, 1.807) is 13.8 Å². The smallest absolute Gasteiger partial charge is 0.246 e. The summed E-state index contributed by atoms with van der Waals surface area (Å²) in [6.45, 7) is 20.3. The van der Waals surface area contributed by atoms with Crippen LogP contribution in [0.3, 0.4) is 0 Å². The molecule has 0 aliphatic heterocycles. The fraction of sp³-hybridized carbons (Fsp3) is 0.623. The first-order valence-electron chi connectivity index (χ1n) is 30.5. The molecule has 1 atom stereocenters. The summed E-state index contributed by atoms with van der Waals surface area (Å²) in [5, 5.41) is 60.8. The summed E-state index contributed by atoms with van der Waals surface area (Å²) in [6, 6.07) is 15.1. The zero-order valence-electron chi connectivity index (χ0n) is 53.3. The molecule has 5 amide bonds. The number of aryl methyl sites for hydroxylation is 1. The van der Waals surface area contributed by atoms with Gasteiger partial charge >= 0.3 is 0 Å². The van der Waals surface area contributed by atoms with Crippen molar-refractivity contribution in [3.05, 3.63) is 70.8 Å². The van der Waals surface area contributed by atoms with E-state index in [9.17, 15) is 34.4 Å². The topological polar surface area (TPSA) is 353 Å². The summed E-state index contributed by atoms with van der Waals surface area (Å²) in [7, 11) is 0. The van der Waals surface area contributed by atoms with Crippen LogP contribution in [0.2, 0.25) is 5.15 Å². The predicted molar refractivity (Wildman–Crippen MR) is 338 cm³/mol. The zero-order valence-corrected chi connectivity index (χ0v) is 54.1. The number of carbonyl (C=O) groups is 5. The van der Waals surface area contributed by atoms with Crippen LogP contribution in [0.15, 0.2) is 58.8 Å². The number of rotatable bonds is 46. The number of unbranched alkanes of at least 4 members (excludes halogenated alkanes) is 1. The number of oxime groups is 2. The number of amides is 5. The molecule has 27 nitrogen and oxygen atoms in total. The van der Waals surface area contributed by atoms with Gasteiger partial charge in [0, 0.05) is 38.2 Å². The number of imidazole rings is 1. The summed E-state index contributed by atoms with van der Waals surface area (Å²) >= 11 is 6.77. The number of nitrogens with zero attached hydrogens (tertiary/aromatic N) is 7. The van der Waals surface area contributed by atoms with Gasteiger partial charge in [0.25, 0.3) is 0 Å². The Bertz CT molecular complexity index is 2780. The first-order valence-corrected chi connectivity index (χ1v) is 30.9. The number of hydrogen-bond donors (Lipinski definition) is 10. The average molecular weight is 1270 g/mol. The van der Waals surface area contributed by atoms with Gasteiger partial charge in [-0.25, -0.2) is 4.98 Å². The molecule has 0 saturated carbocycles. The highest BCUT2D eigenvalue weighted by molar-refractivity contribution is 6.30. The lowest BCUT2D eigenvalue weighted by atomic mass is 9.94. The van der Waals surface area contributed by atoms with Crippen LogP contribution in [0.4, 0.5) is 0 Å². The molecule has 0 saturated heterocycles. The molecule has 2 aromatic heterocycles. The Hall–Kier alpha value is -6.98. The molecule has 89 heavy (non-hydrogen) atoms. The van der Waals surface area contributed by atoms with E-state index in [2.05, 4.69) is 75.1 Å². The van der Waals surface area contributed by atoms with Gasteiger partial charge in [0.1, 0.15) is 38.3 Å². The molecule has 4 rings (SSSR count). The van der Waals surface area contributed by atoms with Crippen LogP contribution in [0.5, 0.6) is 0 Å². The molecule has 1 unspecified atom stereocenters. The maximum absolute atomic E-state index is 13.7. The van der Waals surface area contributed by atoms with Crippen molar-refractivity contribution in [1.82, 2.24) is 67.4 Å². The molecule has 0 spiro atoms. The predicted octanol–water partition coefficient (Wildman–Crippen LogP) is 4.58. The standard InChI is InChI=1S/C61H96ClN15O12/c1-10-11-16-52-70-57(62)51(77(52)37-46-17-19-47(20-18-46)48-14-12-13-15-49(48)58-71-75-76-72-58)36-66-59(82)50(35-42(2)3)69-56(81)41-89-40-55(80)65-28-30-86-32-34-87-33-31-85-29-27-64-54(79)39-88-38-53(78)63-24-21-45(22-25-67-60(6,7)43(4)73-83)23-26-68-61(8,9)44(5)74-84/h12-15,17-20,42,45,50,67-68,83-84H,10-11,16,21-41H2,1-9H3,(H,63,78)(H,64,79)(H,65,80)(H,66,82)(H,69,81)(H,71,72,75,76)/b73-43-,74-44-. The lowest BCUT2D eigenvalue weighted by Gasteiger charge is -2.28. The van der Waals surface area contributed by atoms with Crippen molar-refractivity contribution < 1.29 is 58.1 Å². The maximum Gasteiger partial charge on any atom is 0.246 e. The number of hydrogen-bond acceptors (Lipinski definition) is 20. The van der Waals surface area contributed by atoms with Gasteiger partial charge in [-0.1, -0.05) is 97.6 Å². The first-order chi connectivity index (χ1) is 42.7. The molecule has 0 fully saturated rings. The maximum atomic E-state index is 13.7. The number of aromatic nitrogens is 6. The molecule has 4 aromatic rings. The van der Waals surface area contributed by atoms with Gasteiger partial charge in [0.05, 0.1) is 74.4 Å². The quantitative estimate of drug-likeness (QED) is 0.0125. The van der Waals surface area contributed by atoms with E-state index in [-0.39, 0.29) is 89.5 Å². The molecule has 2 aromatic carbocycles. The average Bonchev–Trinajstić information content (AvgIpc) is 2.31. The largest absolute Gasteiger partial charge is 0.411 e. The molecule has 0 radical (unpaired) electrons.